The van der Waals surface area contributed by atoms with Crippen LogP contribution in [-0.2, 0) is 16.0 Å². The highest BCUT2D eigenvalue weighted by Gasteiger charge is 2.40. The first-order valence-electron chi connectivity index (χ1n) is 8.38. The van der Waals surface area contributed by atoms with Gasteiger partial charge in [0.2, 0.25) is 11.8 Å². The molecule has 0 spiro atoms. The van der Waals surface area contributed by atoms with E-state index in [4.69, 9.17) is 0 Å². The molecule has 0 aliphatic carbocycles. The van der Waals surface area contributed by atoms with Crippen molar-refractivity contribution >= 4 is 23.2 Å². The van der Waals surface area contributed by atoms with Gasteiger partial charge in [-0.3, -0.25) is 9.59 Å². The van der Waals surface area contributed by atoms with Crippen molar-refractivity contribution in [2.24, 2.45) is 5.92 Å². The Morgan fingerprint density at radius 1 is 1.39 bits per heavy atom. The summed E-state index contributed by atoms with van der Waals surface area (Å²) in [5, 5.41) is 12.0. The number of rotatable bonds is 4. The average Bonchev–Trinajstić information content (AvgIpc) is 3.26. The summed E-state index contributed by atoms with van der Waals surface area (Å²) in [6.07, 6.45) is 2.43. The van der Waals surface area contributed by atoms with Gasteiger partial charge in [0.15, 0.2) is 0 Å². The van der Waals surface area contributed by atoms with Crippen LogP contribution in [0.5, 0.6) is 0 Å². The molecular formula is C17H24N2O3S. The summed E-state index contributed by atoms with van der Waals surface area (Å²) in [6.45, 7) is 3.71. The Bertz CT molecular complexity index is 560. The largest absolute Gasteiger partial charge is 0.391 e. The topological polar surface area (TPSA) is 60.9 Å². The molecule has 0 aromatic carbocycles. The number of carbonyl (C=O) groups is 2. The third-order valence-corrected chi connectivity index (χ3v) is 5.88. The second-order valence-corrected chi connectivity index (χ2v) is 7.51. The standard InChI is InChI=1S/C17H24N2O3S/c1-2-12-10-18(11-15(12)20)17(22)14-6-3-7-19(14)16(21)9-13-5-4-8-23-13/h4-5,8,12,14-15,20H,2-3,6-7,9-11H2,1H3. The summed E-state index contributed by atoms with van der Waals surface area (Å²) in [5.41, 5.74) is 0. The van der Waals surface area contributed by atoms with Crippen LogP contribution in [0.15, 0.2) is 17.5 Å². The number of β-amino-alcohol motifs (C(OH)–C–C–N with tert-alkyl or cyclic N) is 1. The molecular weight excluding hydrogens is 312 g/mol. The third kappa shape index (κ3) is 3.43. The fourth-order valence-corrected chi connectivity index (χ4v) is 4.33. The fourth-order valence-electron chi connectivity index (χ4n) is 3.63. The van der Waals surface area contributed by atoms with Crippen LogP contribution in [0.2, 0.25) is 0 Å². The van der Waals surface area contributed by atoms with Gasteiger partial charge in [-0.15, -0.1) is 11.3 Å². The van der Waals surface area contributed by atoms with E-state index in [0.29, 0.717) is 26.1 Å². The van der Waals surface area contributed by atoms with Crippen LogP contribution < -0.4 is 0 Å². The van der Waals surface area contributed by atoms with E-state index in [9.17, 15) is 14.7 Å². The second kappa shape index (κ2) is 7.01. The lowest BCUT2D eigenvalue weighted by molar-refractivity contribution is -0.143. The highest BCUT2D eigenvalue weighted by molar-refractivity contribution is 7.10. The van der Waals surface area contributed by atoms with E-state index in [2.05, 4.69) is 0 Å². The molecule has 2 aliphatic heterocycles. The van der Waals surface area contributed by atoms with Crippen molar-refractivity contribution in [1.29, 1.82) is 0 Å². The molecule has 3 unspecified atom stereocenters. The lowest BCUT2D eigenvalue weighted by Crippen LogP contribution is -2.47. The number of aliphatic hydroxyl groups excluding tert-OH is 1. The molecule has 3 rings (SSSR count). The maximum atomic E-state index is 12.8. The molecule has 1 N–H and O–H groups in total. The van der Waals surface area contributed by atoms with E-state index in [1.54, 1.807) is 21.1 Å². The number of likely N-dealkylation sites (tertiary alicyclic amines) is 2. The minimum absolute atomic E-state index is 0.0111. The molecule has 0 saturated carbocycles. The minimum Gasteiger partial charge on any atom is -0.391 e. The number of aliphatic hydroxyl groups is 1. The quantitative estimate of drug-likeness (QED) is 0.907. The second-order valence-electron chi connectivity index (χ2n) is 6.48. The zero-order valence-electron chi connectivity index (χ0n) is 13.5. The molecule has 2 fully saturated rings. The molecule has 6 heteroatoms. The monoisotopic (exact) mass is 336 g/mol. The minimum atomic E-state index is -0.430. The Kier molecular flexibility index (Phi) is 5.02. The van der Waals surface area contributed by atoms with Crippen molar-refractivity contribution in [3.8, 4) is 0 Å². The number of thiophene rings is 1. The number of amides is 2. The van der Waals surface area contributed by atoms with E-state index in [0.717, 1.165) is 24.1 Å². The highest BCUT2D eigenvalue weighted by Crippen LogP contribution is 2.26. The van der Waals surface area contributed by atoms with Gasteiger partial charge in [-0.2, -0.15) is 0 Å². The van der Waals surface area contributed by atoms with Crippen molar-refractivity contribution < 1.29 is 14.7 Å². The van der Waals surface area contributed by atoms with Gasteiger partial charge in [0.25, 0.3) is 0 Å². The van der Waals surface area contributed by atoms with Crippen LogP contribution in [-0.4, -0.2) is 58.5 Å². The maximum absolute atomic E-state index is 12.8. The first-order valence-corrected chi connectivity index (χ1v) is 9.26. The zero-order valence-corrected chi connectivity index (χ0v) is 14.3. The number of hydrogen-bond donors (Lipinski definition) is 1. The summed E-state index contributed by atoms with van der Waals surface area (Å²) in [7, 11) is 0. The van der Waals surface area contributed by atoms with E-state index in [-0.39, 0.29) is 23.8 Å². The van der Waals surface area contributed by atoms with Gasteiger partial charge in [-0.25, -0.2) is 0 Å². The van der Waals surface area contributed by atoms with Crippen LogP contribution in [0, 0.1) is 5.92 Å². The molecule has 0 radical (unpaired) electrons. The van der Waals surface area contributed by atoms with Gasteiger partial charge >= 0.3 is 0 Å². The predicted octanol–water partition coefficient (Wildman–Crippen LogP) is 1.51. The summed E-state index contributed by atoms with van der Waals surface area (Å²) < 4.78 is 0. The number of hydrogen-bond acceptors (Lipinski definition) is 4. The van der Waals surface area contributed by atoms with Gasteiger partial charge in [0.1, 0.15) is 6.04 Å². The maximum Gasteiger partial charge on any atom is 0.245 e. The van der Waals surface area contributed by atoms with Crippen molar-refractivity contribution in [3.05, 3.63) is 22.4 Å². The van der Waals surface area contributed by atoms with Crippen LogP contribution in [0.25, 0.3) is 0 Å². The molecule has 5 nitrogen and oxygen atoms in total. The lowest BCUT2D eigenvalue weighted by Gasteiger charge is -2.28. The van der Waals surface area contributed by atoms with Gasteiger partial charge in [0.05, 0.1) is 12.5 Å². The molecule has 3 atom stereocenters. The van der Waals surface area contributed by atoms with Crippen LogP contribution in [0.3, 0.4) is 0 Å². The third-order valence-electron chi connectivity index (χ3n) is 5.01. The smallest absolute Gasteiger partial charge is 0.245 e. The summed E-state index contributed by atoms with van der Waals surface area (Å²) >= 11 is 1.57. The first-order chi connectivity index (χ1) is 11.1. The molecule has 2 aliphatic rings. The first kappa shape index (κ1) is 16.5. The molecule has 1 aromatic heterocycles. The van der Waals surface area contributed by atoms with E-state index < -0.39 is 6.10 Å². The highest BCUT2D eigenvalue weighted by atomic mass is 32.1. The van der Waals surface area contributed by atoms with Gasteiger partial charge in [0, 0.05) is 30.4 Å². The van der Waals surface area contributed by atoms with Gasteiger partial charge in [-0.1, -0.05) is 13.0 Å². The molecule has 0 bridgehead atoms. The normalized spacial score (nSPS) is 27.7. The van der Waals surface area contributed by atoms with Crippen molar-refractivity contribution in [1.82, 2.24) is 9.80 Å². The molecule has 126 valence electrons. The Morgan fingerprint density at radius 3 is 2.87 bits per heavy atom. The SMILES string of the molecule is CCC1CN(C(=O)C2CCCN2C(=O)Cc2cccs2)CC1O. The predicted molar refractivity (Wildman–Crippen MR) is 89.1 cm³/mol. The summed E-state index contributed by atoms with van der Waals surface area (Å²) in [6, 6.07) is 3.56. The van der Waals surface area contributed by atoms with E-state index in [1.165, 1.54) is 0 Å². The summed E-state index contributed by atoms with van der Waals surface area (Å²) in [4.78, 5) is 29.9. The molecule has 2 amide bonds. The Labute approximate surface area is 140 Å². The van der Waals surface area contributed by atoms with Crippen LogP contribution in [0.4, 0.5) is 0 Å². The lowest BCUT2D eigenvalue weighted by atomic mass is 10.0. The molecule has 1 aromatic rings. The number of carbonyl (C=O) groups excluding carboxylic acids is 2. The Morgan fingerprint density at radius 2 is 2.22 bits per heavy atom. The van der Waals surface area contributed by atoms with Crippen LogP contribution in [0.1, 0.15) is 31.1 Å². The van der Waals surface area contributed by atoms with Crippen LogP contribution >= 0.6 is 11.3 Å². The Hall–Kier alpha value is -1.40. The van der Waals surface area contributed by atoms with Gasteiger partial charge < -0.3 is 14.9 Å². The molecule has 3 heterocycles. The summed E-state index contributed by atoms with van der Waals surface area (Å²) in [5.74, 6) is 0.211. The van der Waals surface area contributed by atoms with Crippen molar-refractivity contribution in [2.45, 2.75) is 44.8 Å². The molecule has 23 heavy (non-hydrogen) atoms. The average molecular weight is 336 g/mol. The van der Waals surface area contributed by atoms with Crippen molar-refractivity contribution in [3.63, 3.8) is 0 Å². The van der Waals surface area contributed by atoms with Gasteiger partial charge in [-0.05, 0) is 30.7 Å². The number of nitrogens with zero attached hydrogens (tertiary/aromatic N) is 2. The Balaban J connectivity index is 1.64. The van der Waals surface area contributed by atoms with E-state index in [1.807, 2.05) is 24.4 Å². The molecule has 2 saturated heterocycles. The van der Waals surface area contributed by atoms with E-state index >= 15 is 0 Å². The fraction of sp³-hybridized carbons (Fsp3) is 0.647. The zero-order chi connectivity index (χ0) is 16.4. The van der Waals surface area contributed by atoms with Crippen molar-refractivity contribution in [2.75, 3.05) is 19.6 Å².